The maximum absolute atomic E-state index is 12.4. The van der Waals surface area contributed by atoms with E-state index in [2.05, 4.69) is 4.99 Å². The SMILES string of the molecule is CCOc1ccc2c(c1)=C/C(=C/c1sc(=S)n(CC3CCCO3)c1O)C(=O)N=2. The van der Waals surface area contributed by atoms with Crippen molar-refractivity contribution in [2.75, 3.05) is 13.2 Å². The van der Waals surface area contributed by atoms with Gasteiger partial charge < -0.3 is 14.6 Å². The van der Waals surface area contributed by atoms with Gasteiger partial charge >= 0.3 is 0 Å². The topological polar surface area (TPSA) is 73.1 Å². The second-order valence-electron chi connectivity index (χ2n) is 6.62. The largest absolute Gasteiger partial charge is 0.494 e. The van der Waals surface area contributed by atoms with E-state index in [1.807, 2.05) is 13.0 Å². The molecule has 1 unspecified atom stereocenters. The molecule has 1 N–H and O–H groups in total. The fourth-order valence-electron chi connectivity index (χ4n) is 3.32. The third kappa shape index (κ3) is 3.80. The van der Waals surface area contributed by atoms with Crippen LogP contribution < -0.4 is 15.3 Å². The van der Waals surface area contributed by atoms with Gasteiger partial charge in [-0.05, 0) is 62.3 Å². The molecule has 1 amide bonds. The number of aromatic nitrogens is 1. The maximum Gasteiger partial charge on any atom is 0.277 e. The molecule has 0 spiro atoms. The van der Waals surface area contributed by atoms with Crippen LogP contribution in [0.2, 0.25) is 0 Å². The number of rotatable bonds is 5. The zero-order chi connectivity index (χ0) is 19.7. The van der Waals surface area contributed by atoms with Crippen molar-refractivity contribution in [2.45, 2.75) is 32.4 Å². The second kappa shape index (κ2) is 7.98. The van der Waals surface area contributed by atoms with Gasteiger partial charge in [0, 0.05) is 17.4 Å². The molecule has 1 fully saturated rings. The molecule has 8 heteroatoms. The van der Waals surface area contributed by atoms with Gasteiger partial charge in [0.05, 0.1) is 29.5 Å². The lowest BCUT2D eigenvalue weighted by atomic mass is 10.1. The van der Waals surface area contributed by atoms with Crippen molar-refractivity contribution in [3.05, 3.63) is 43.2 Å². The van der Waals surface area contributed by atoms with Crippen molar-refractivity contribution in [3.63, 3.8) is 0 Å². The Hall–Kier alpha value is -2.29. The van der Waals surface area contributed by atoms with Crippen molar-refractivity contribution in [2.24, 2.45) is 4.99 Å². The average Bonchev–Trinajstić information content (AvgIpc) is 3.27. The van der Waals surface area contributed by atoms with Gasteiger partial charge in [-0.3, -0.25) is 9.36 Å². The number of thiazole rings is 1. The van der Waals surface area contributed by atoms with E-state index in [0.717, 1.165) is 30.4 Å². The molecule has 2 aromatic rings. The predicted molar refractivity (Wildman–Crippen MR) is 110 cm³/mol. The first-order valence-electron chi connectivity index (χ1n) is 9.18. The minimum absolute atomic E-state index is 0.0630. The molecule has 28 heavy (non-hydrogen) atoms. The van der Waals surface area contributed by atoms with Gasteiger partial charge in [-0.2, -0.15) is 0 Å². The zero-order valence-corrected chi connectivity index (χ0v) is 17.0. The highest BCUT2D eigenvalue weighted by atomic mass is 32.1. The second-order valence-corrected chi connectivity index (χ2v) is 8.29. The standard InChI is InChI=1S/C20H20N2O4S2/c1-2-25-14-5-6-16-12(9-14)8-13(18(23)21-16)10-17-19(24)22(20(27)28-17)11-15-4-3-7-26-15/h5-6,8-10,15,24H,2-4,7,11H2,1H3/b13-10-. The van der Waals surface area contributed by atoms with Crippen molar-refractivity contribution >= 4 is 41.6 Å². The Morgan fingerprint density at radius 1 is 1.50 bits per heavy atom. The minimum atomic E-state index is -0.346. The van der Waals surface area contributed by atoms with Crippen LogP contribution in [0.4, 0.5) is 0 Å². The molecule has 1 aromatic heterocycles. The Morgan fingerprint density at radius 2 is 2.36 bits per heavy atom. The molecule has 146 valence electrons. The maximum atomic E-state index is 12.4. The summed E-state index contributed by atoms with van der Waals surface area (Å²) in [5, 5.41) is 12.0. The van der Waals surface area contributed by atoms with E-state index in [1.54, 1.807) is 28.9 Å². The summed E-state index contributed by atoms with van der Waals surface area (Å²) in [5.74, 6) is 0.441. The molecule has 0 bridgehead atoms. The molecule has 3 heterocycles. The lowest BCUT2D eigenvalue weighted by Crippen LogP contribution is -2.30. The lowest BCUT2D eigenvalue weighted by molar-refractivity contribution is -0.114. The van der Waals surface area contributed by atoms with Crippen molar-refractivity contribution in [1.29, 1.82) is 0 Å². The van der Waals surface area contributed by atoms with E-state index in [1.165, 1.54) is 11.3 Å². The number of aromatic hydroxyl groups is 1. The molecule has 1 aromatic carbocycles. The average molecular weight is 417 g/mol. The lowest BCUT2D eigenvalue weighted by Gasteiger charge is -2.11. The van der Waals surface area contributed by atoms with Gasteiger partial charge in [-0.1, -0.05) is 0 Å². The number of hydrogen-bond donors (Lipinski definition) is 1. The first-order valence-corrected chi connectivity index (χ1v) is 10.4. The van der Waals surface area contributed by atoms with Crippen LogP contribution in [-0.4, -0.2) is 34.9 Å². The Labute approximate surface area is 171 Å². The van der Waals surface area contributed by atoms with Crippen LogP contribution in [0.3, 0.4) is 0 Å². The monoisotopic (exact) mass is 416 g/mol. The fraction of sp³-hybridized carbons (Fsp3) is 0.350. The number of fused-ring (bicyclic) bond motifs is 1. The molecule has 2 aliphatic heterocycles. The van der Waals surface area contributed by atoms with Crippen LogP contribution in [0.25, 0.3) is 12.2 Å². The van der Waals surface area contributed by atoms with Crippen molar-refractivity contribution in [3.8, 4) is 11.6 Å². The number of carbonyl (C=O) groups is 1. The number of carbonyl (C=O) groups excluding carboxylic acids is 1. The molecule has 1 saturated heterocycles. The van der Waals surface area contributed by atoms with Crippen LogP contribution in [0.15, 0.2) is 28.8 Å². The number of hydrogen-bond acceptors (Lipinski definition) is 6. The molecule has 2 aliphatic rings. The molecule has 4 rings (SSSR count). The highest BCUT2D eigenvalue weighted by Gasteiger charge is 2.20. The minimum Gasteiger partial charge on any atom is -0.494 e. The van der Waals surface area contributed by atoms with E-state index in [9.17, 15) is 9.90 Å². The first kappa shape index (κ1) is 19.0. The summed E-state index contributed by atoms with van der Waals surface area (Å²) in [6.45, 7) is 3.74. The van der Waals surface area contributed by atoms with Crippen LogP contribution in [0.1, 0.15) is 24.6 Å². The third-order valence-electron chi connectivity index (χ3n) is 4.68. The van der Waals surface area contributed by atoms with Crippen LogP contribution in [0, 0.1) is 3.95 Å². The number of ether oxygens (including phenoxy) is 2. The number of amides is 1. The molecule has 1 atom stereocenters. The van der Waals surface area contributed by atoms with Crippen LogP contribution in [0.5, 0.6) is 11.6 Å². The highest BCUT2D eigenvalue weighted by Crippen LogP contribution is 2.30. The molecular formula is C20H20N2O4S2. The molecule has 0 aliphatic carbocycles. The van der Waals surface area contributed by atoms with Gasteiger partial charge in [0.2, 0.25) is 5.88 Å². The Balaban J connectivity index is 1.70. The summed E-state index contributed by atoms with van der Waals surface area (Å²) in [6.07, 6.45) is 5.45. The van der Waals surface area contributed by atoms with Crippen LogP contribution >= 0.6 is 23.6 Å². The van der Waals surface area contributed by atoms with E-state index >= 15 is 0 Å². The van der Waals surface area contributed by atoms with E-state index in [4.69, 9.17) is 21.7 Å². The van der Waals surface area contributed by atoms with Gasteiger partial charge in [-0.15, -0.1) is 11.3 Å². The summed E-state index contributed by atoms with van der Waals surface area (Å²) in [4.78, 5) is 17.1. The first-order chi connectivity index (χ1) is 13.5. The Kier molecular flexibility index (Phi) is 5.43. The van der Waals surface area contributed by atoms with Gasteiger partial charge in [0.25, 0.3) is 5.91 Å². The van der Waals surface area contributed by atoms with Gasteiger partial charge in [-0.25, -0.2) is 4.99 Å². The van der Waals surface area contributed by atoms with E-state index < -0.39 is 0 Å². The zero-order valence-electron chi connectivity index (χ0n) is 15.4. The van der Waals surface area contributed by atoms with Crippen molar-refractivity contribution in [1.82, 2.24) is 4.57 Å². The number of nitrogens with zero attached hydrogens (tertiary/aromatic N) is 2. The third-order valence-corrected chi connectivity index (χ3v) is 6.07. The normalized spacial score (nSPS) is 20.0. The Bertz CT molecular complexity index is 1120. The Morgan fingerprint density at radius 3 is 3.11 bits per heavy atom. The van der Waals surface area contributed by atoms with E-state index in [0.29, 0.717) is 32.9 Å². The van der Waals surface area contributed by atoms with Gasteiger partial charge in [0.1, 0.15) is 5.75 Å². The number of benzene rings is 1. The molecule has 0 saturated carbocycles. The summed E-state index contributed by atoms with van der Waals surface area (Å²) >= 11 is 6.67. The summed E-state index contributed by atoms with van der Waals surface area (Å²) in [7, 11) is 0. The van der Waals surface area contributed by atoms with Crippen molar-refractivity contribution < 1.29 is 19.4 Å². The smallest absolute Gasteiger partial charge is 0.277 e. The predicted octanol–water partition coefficient (Wildman–Crippen LogP) is 2.59. The quantitative estimate of drug-likeness (QED) is 0.599. The highest BCUT2D eigenvalue weighted by molar-refractivity contribution is 7.73. The van der Waals surface area contributed by atoms with E-state index in [-0.39, 0.29) is 17.9 Å². The van der Waals surface area contributed by atoms with Crippen LogP contribution in [-0.2, 0) is 16.1 Å². The summed E-state index contributed by atoms with van der Waals surface area (Å²) < 4.78 is 13.4. The molecule has 6 nitrogen and oxygen atoms in total. The summed E-state index contributed by atoms with van der Waals surface area (Å²) in [6, 6.07) is 5.42. The molecular weight excluding hydrogens is 396 g/mol. The summed E-state index contributed by atoms with van der Waals surface area (Å²) in [5.41, 5.74) is 0.400. The van der Waals surface area contributed by atoms with Gasteiger partial charge in [0.15, 0.2) is 3.95 Å². The fourth-order valence-corrected chi connectivity index (χ4v) is 4.59. The molecule has 0 radical (unpaired) electrons.